The van der Waals surface area contributed by atoms with E-state index in [2.05, 4.69) is 0 Å². The Bertz CT molecular complexity index is 674. The van der Waals surface area contributed by atoms with Crippen LogP contribution in [0.3, 0.4) is 0 Å². The van der Waals surface area contributed by atoms with Crippen LogP contribution in [0.4, 0.5) is 0 Å². The van der Waals surface area contributed by atoms with Crippen molar-refractivity contribution in [2.75, 3.05) is 0 Å². The summed E-state index contributed by atoms with van der Waals surface area (Å²) in [6.45, 7) is 1.80. The number of hydrogen-bond acceptors (Lipinski definition) is 3. The minimum Gasteiger partial charge on any atom is -0.478 e. The first-order valence-electron chi connectivity index (χ1n) is 6.48. The fourth-order valence-electron chi connectivity index (χ4n) is 1.91. The molecule has 2 aromatic carbocycles. The lowest BCUT2D eigenvalue weighted by molar-refractivity contribution is -0.131. The molecule has 4 nitrogen and oxygen atoms in total. The van der Waals surface area contributed by atoms with Gasteiger partial charge in [-0.25, -0.2) is 4.79 Å². The zero-order chi connectivity index (χ0) is 15.2. The maximum Gasteiger partial charge on any atom is 0.328 e. The summed E-state index contributed by atoms with van der Waals surface area (Å²) in [7, 11) is 0. The molecule has 0 aliphatic rings. The number of aliphatic hydroxyl groups is 1. The van der Waals surface area contributed by atoms with E-state index in [-0.39, 0.29) is 6.61 Å². The summed E-state index contributed by atoms with van der Waals surface area (Å²) in [6, 6.07) is 12.7. The van der Waals surface area contributed by atoms with Crippen molar-refractivity contribution in [2.24, 2.45) is 0 Å². The van der Waals surface area contributed by atoms with Crippen molar-refractivity contribution in [3.8, 4) is 11.5 Å². The van der Waals surface area contributed by atoms with E-state index in [9.17, 15) is 9.90 Å². The first kappa shape index (κ1) is 14.8. The Morgan fingerprint density at radius 3 is 2.62 bits per heavy atom. The van der Waals surface area contributed by atoms with Crippen LogP contribution in [0.1, 0.15) is 16.7 Å². The van der Waals surface area contributed by atoms with Gasteiger partial charge in [-0.3, -0.25) is 0 Å². The number of aliphatic hydroxyl groups excluding tert-OH is 1. The van der Waals surface area contributed by atoms with Crippen molar-refractivity contribution >= 4 is 12.0 Å². The van der Waals surface area contributed by atoms with Crippen LogP contribution >= 0.6 is 0 Å². The number of aryl methyl sites for hydroxylation is 1. The highest BCUT2D eigenvalue weighted by Gasteiger charge is 2.06. The van der Waals surface area contributed by atoms with Gasteiger partial charge in [0.1, 0.15) is 11.5 Å². The third-order valence-electron chi connectivity index (χ3n) is 2.98. The smallest absolute Gasteiger partial charge is 0.328 e. The highest BCUT2D eigenvalue weighted by molar-refractivity contribution is 5.85. The van der Waals surface area contributed by atoms with Gasteiger partial charge in [-0.2, -0.15) is 0 Å². The molecule has 108 valence electrons. The van der Waals surface area contributed by atoms with E-state index in [4.69, 9.17) is 9.84 Å². The third-order valence-corrected chi connectivity index (χ3v) is 2.98. The molecular formula is C17H16O4. The van der Waals surface area contributed by atoms with Crippen LogP contribution in [0.15, 0.2) is 48.5 Å². The van der Waals surface area contributed by atoms with Crippen molar-refractivity contribution in [1.82, 2.24) is 0 Å². The van der Waals surface area contributed by atoms with E-state index >= 15 is 0 Å². The van der Waals surface area contributed by atoms with Crippen LogP contribution in [0.5, 0.6) is 11.5 Å². The summed E-state index contributed by atoms with van der Waals surface area (Å²) in [6.07, 6.45) is 2.62. The topological polar surface area (TPSA) is 66.8 Å². The Kier molecular flexibility index (Phi) is 4.74. The van der Waals surface area contributed by atoms with Gasteiger partial charge in [-0.1, -0.05) is 24.3 Å². The molecule has 0 saturated carbocycles. The Labute approximate surface area is 122 Å². The van der Waals surface area contributed by atoms with Crippen LogP contribution in [0.2, 0.25) is 0 Å². The zero-order valence-corrected chi connectivity index (χ0v) is 11.6. The second-order valence-electron chi connectivity index (χ2n) is 4.56. The SMILES string of the molecule is Cc1cc(C=CC(=O)O)ccc1Oc1ccccc1CO. The lowest BCUT2D eigenvalue weighted by Gasteiger charge is -2.12. The van der Waals surface area contributed by atoms with Crippen molar-refractivity contribution < 1.29 is 19.7 Å². The van der Waals surface area contributed by atoms with Gasteiger partial charge in [0.2, 0.25) is 0 Å². The zero-order valence-electron chi connectivity index (χ0n) is 11.6. The van der Waals surface area contributed by atoms with Crippen LogP contribution in [0.25, 0.3) is 6.08 Å². The van der Waals surface area contributed by atoms with Gasteiger partial charge >= 0.3 is 5.97 Å². The van der Waals surface area contributed by atoms with Gasteiger partial charge in [-0.05, 0) is 42.3 Å². The van der Waals surface area contributed by atoms with Gasteiger partial charge in [0.25, 0.3) is 0 Å². The number of carboxylic acids is 1. The Balaban J connectivity index is 2.23. The van der Waals surface area contributed by atoms with Gasteiger partial charge in [0.15, 0.2) is 0 Å². The molecule has 4 heteroatoms. The highest BCUT2D eigenvalue weighted by Crippen LogP contribution is 2.28. The van der Waals surface area contributed by atoms with Crippen molar-refractivity contribution in [2.45, 2.75) is 13.5 Å². The molecule has 2 aromatic rings. The van der Waals surface area contributed by atoms with Crippen molar-refractivity contribution in [1.29, 1.82) is 0 Å². The molecule has 21 heavy (non-hydrogen) atoms. The monoisotopic (exact) mass is 284 g/mol. The average molecular weight is 284 g/mol. The summed E-state index contributed by atoms with van der Waals surface area (Å²) in [4.78, 5) is 10.5. The minimum absolute atomic E-state index is 0.0886. The molecule has 0 spiro atoms. The number of ether oxygens (including phenoxy) is 1. The fraction of sp³-hybridized carbons (Fsp3) is 0.118. The summed E-state index contributed by atoms with van der Waals surface area (Å²) >= 11 is 0. The number of benzene rings is 2. The van der Waals surface area contributed by atoms with Gasteiger partial charge in [0, 0.05) is 11.6 Å². The predicted octanol–water partition coefficient (Wildman–Crippen LogP) is 3.38. The lowest BCUT2D eigenvalue weighted by atomic mass is 10.1. The molecule has 0 unspecified atom stereocenters. The summed E-state index contributed by atoms with van der Waals surface area (Å²) in [5.41, 5.74) is 2.39. The molecule has 0 aromatic heterocycles. The molecular weight excluding hydrogens is 268 g/mol. The van der Waals surface area contributed by atoms with E-state index in [1.54, 1.807) is 24.3 Å². The molecule has 2 N–H and O–H groups in total. The van der Waals surface area contributed by atoms with Gasteiger partial charge in [-0.15, -0.1) is 0 Å². The number of hydrogen-bond donors (Lipinski definition) is 2. The third kappa shape index (κ3) is 3.94. The Morgan fingerprint density at radius 2 is 1.95 bits per heavy atom. The predicted molar refractivity (Wildman–Crippen MR) is 80.3 cm³/mol. The molecule has 2 rings (SSSR count). The molecule has 0 aliphatic heterocycles. The second kappa shape index (κ2) is 6.72. The van der Waals surface area contributed by atoms with Crippen LogP contribution in [-0.4, -0.2) is 16.2 Å². The van der Waals surface area contributed by atoms with Gasteiger partial charge < -0.3 is 14.9 Å². The number of carboxylic acid groups (broad SMARTS) is 1. The molecule has 0 heterocycles. The van der Waals surface area contributed by atoms with E-state index in [0.29, 0.717) is 17.1 Å². The molecule has 0 amide bonds. The first-order valence-corrected chi connectivity index (χ1v) is 6.48. The van der Waals surface area contributed by atoms with Crippen molar-refractivity contribution in [3.05, 3.63) is 65.2 Å². The summed E-state index contributed by atoms with van der Waals surface area (Å²) in [5, 5.41) is 17.9. The van der Waals surface area contributed by atoms with Gasteiger partial charge in [0.05, 0.1) is 6.61 Å². The molecule has 0 aliphatic carbocycles. The van der Waals surface area contributed by atoms with E-state index in [1.165, 1.54) is 6.08 Å². The number of rotatable bonds is 5. The average Bonchev–Trinajstić information content (AvgIpc) is 2.48. The molecule has 0 fully saturated rings. The number of para-hydroxylation sites is 1. The maximum absolute atomic E-state index is 10.5. The quantitative estimate of drug-likeness (QED) is 0.826. The molecule has 0 radical (unpaired) electrons. The minimum atomic E-state index is -0.982. The Morgan fingerprint density at radius 1 is 1.19 bits per heavy atom. The summed E-state index contributed by atoms with van der Waals surface area (Å²) in [5.74, 6) is 0.296. The first-order chi connectivity index (χ1) is 10.1. The van der Waals surface area contributed by atoms with E-state index in [1.807, 2.05) is 25.1 Å². The fourth-order valence-corrected chi connectivity index (χ4v) is 1.91. The Hall–Kier alpha value is -2.59. The number of aliphatic carboxylic acids is 1. The second-order valence-corrected chi connectivity index (χ2v) is 4.56. The normalized spacial score (nSPS) is 10.8. The van der Waals surface area contributed by atoms with E-state index < -0.39 is 5.97 Å². The highest BCUT2D eigenvalue weighted by atomic mass is 16.5. The van der Waals surface area contributed by atoms with Crippen LogP contribution < -0.4 is 4.74 Å². The van der Waals surface area contributed by atoms with E-state index in [0.717, 1.165) is 17.2 Å². The van der Waals surface area contributed by atoms with Crippen LogP contribution in [-0.2, 0) is 11.4 Å². The summed E-state index contributed by atoms with van der Waals surface area (Å²) < 4.78 is 5.81. The lowest BCUT2D eigenvalue weighted by Crippen LogP contribution is -1.93. The molecule has 0 atom stereocenters. The largest absolute Gasteiger partial charge is 0.478 e. The molecule has 0 bridgehead atoms. The standard InChI is InChI=1S/C17H16O4/c1-12-10-13(7-9-17(19)20)6-8-15(12)21-16-5-3-2-4-14(16)11-18/h2-10,18H,11H2,1H3,(H,19,20). The van der Waals surface area contributed by atoms with Crippen molar-refractivity contribution in [3.63, 3.8) is 0 Å². The number of carbonyl (C=O) groups is 1. The maximum atomic E-state index is 10.5. The van der Waals surface area contributed by atoms with Crippen LogP contribution in [0, 0.1) is 6.92 Å². The molecule has 0 saturated heterocycles.